The lowest BCUT2D eigenvalue weighted by Gasteiger charge is -2.14. The standard InChI is InChI=1S/C23H15ClS/c1-25-21-11-5-10-20(24)23(21)19-13-12-18-15-7-3-2-6-14(15)16-8-4-9-17(19)22(16)18/h2-13H,1H3. The van der Waals surface area contributed by atoms with Gasteiger partial charge in [0.25, 0.3) is 0 Å². The third-order valence-electron chi connectivity index (χ3n) is 5.01. The molecule has 0 N–H and O–H groups in total. The van der Waals surface area contributed by atoms with Gasteiger partial charge in [-0.3, -0.25) is 0 Å². The van der Waals surface area contributed by atoms with Crippen LogP contribution >= 0.6 is 23.4 Å². The average Bonchev–Trinajstić information content (AvgIpc) is 2.98. The molecule has 0 bridgehead atoms. The monoisotopic (exact) mass is 358 g/mol. The third-order valence-corrected chi connectivity index (χ3v) is 6.11. The van der Waals surface area contributed by atoms with Gasteiger partial charge in [-0.05, 0) is 57.0 Å². The van der Waals surface area contributed by atoms with Crippen LogP contribution < -0.4 is 0 Å². The molecule has 0 nitrogen and oxygen atoms in total. The maximum Gasteiger partial charge on any atom is 0.0495 e. The van der Waals surface area contributed by atoms with Crippen molar-refractivity contribution in [2.45, 2.75) is 4.90 Å². The van der Waals surface area contributed by atoms with Crippen molar-refractivity contribution < 1.29 is 0 Å². The van der Waals surface area contributed by atoms with Crippen LogP contribution in [0.5, 0.6) is 0 Å². The zero-order valence-corrected chi connectivity index (χ0v) is 15.3. The quantitative estimate of drug-likeness (QED) is 0.294. The molecule has 0 atom stereocenters. The molecule has 0 fully saturated rings. The van der Waals surface area contributed by atoms with Gasteiger partial charge in [0.15, 0.2) is 0 Å². The van der Waals surface area contributed by atoms with Crippen LogP contribution in [0.4, 0.5) is 0 Å². The number of hydrogen-bond acceptors (Lipinski definition) is 1. The second-order valence-electron chi connectivity index (χ2n) is 6.25. The summed E-state index contributed by atoms with van der Waals surface area (Å²) in [5.74, 6) is 0. The number of thioether (sulfide) groups is 1. The topological polar surface area (TPSA) is 0 Å². The van der Waals surface area contributed by atoms with E-state index in [-0.39, 0.29) is 0 Å². The molecular weight excluding hydrogens is 344 g/mol. The van der Waals surface area contributed by atoms with Gasteiger partial charge in [-0.15, -0.1) is 11.8 Å². The van der Waals surface area contributed by atoms with E-state index in [2.05, 4.69) is 66.9 Å². The molecule has 25 heavy (non-hydrogen) atoms. The minimum atomic E-state index is 0.808. The Labute approximate surface area is 156 Å². The Balaban J connectivity index is 1.90. The van der Waals surface area contributed by atoms with E-state index in [4.69, 9.17) is 11.6 Å². The number of fused-ring (bicyclic) bond motifs is 3. The van der Waals surface area contributed by atoms with Crippen molar-refractivity contribution in [1.82, 2.24) is 0 Å². The highest BCUT2D eigenvalue weighted by Crippen LogP contribution is 2.50. The van der Waals surface area contributed by atoms with Crippen molar-refractivity contribution in [3.05, 3.63) is 77.8 Å². The smallest absolute Gasteiger partial charge is 0.0495 e. The molecule has 2 heteroatoms. The molecule has 0 aromatic heterocycles. The Morgan fingerprint density at radius 1 is 0.640 bits per heavy atom. The van der Waals surface area contributed by atoms with Gasteiger partial charge in [0.2, 0.25) is 0 Å². The SMILES string of the molecule is CSc1cccc(Cl)c1-c1ccc2c3c(cccc13)-c1ccccc1-2. The minimum absolute atomic E-state index is 0.808. The summed E-state index contributed by atoms with van der Waals surface area (Å²) in [6, 6.07) is 25.9. The van der Waals surface area contributed by atoms with Gasteiger partial charge in [0, 0.05) is 15.5 Å². The second kappa shape index (κ2) is 5.66. The molecule has 0 amide bonds. The first-order valence-electron chi connectivity index (χ1n) is 8.28. The predicted octanol–water partition coefficient (Wildman–Crippen LogP) is 7.53. The van der Waals surface area contributed by atoms with E-state index in [1.54, 1.807) is 11.8 Å². The van der Waals surface area contributed by atoms with Crippen molar-refractivity contribution >= 4 is 34.1 Å². The number of benzene rings is 4. The van der Waals surface area contributed by atoms with Crippen LogP contribution in [0.1, 0.15) is 0 Å². The first kappa shape index (κ1) is 15.1. The van der Waals surface area contributed by atoms with E-state index in [1.807, 2.05) is 12.1 Å². The molecule has 0 saturated heterocycles. The van der Waals surface area contributed by atoms with Gasteiger partial charge in [0.1, 0.15) is 0 Å². The van der Waals surface area contributed by atoms with E-state index in [0.717, 1.165) is 10.6 Å². The number of rotatable bonds is 2. The van der Waals surface area contributed by atoms with Crippen molar-refractivity contribution in [2.75, 3.05) is 6.26 Å². The number of hydrogen-bond donors (Lipinski definition) is 0. The van der Waals surface area contributed by atoms with Crippen LogP contribution in [0.2, 0.25) is 5.02 Å². The highest BCUT2D eigenvalue weighted by Gasteiger charge is 2.23. The lowest BCUT2D eigenvalue weighted by molar-refractivity contribution is 1.46. The van der Waals surface area contributed by atoms with Gasteiger partial charge in [-0.2, -0.15) is 0 Å². The van der Waals surface area contributed by atoms with Gasteiger partial charge >= 0.3 is 0 Å². The second-order valence-corrected chi connectivity index (χ2v) is 7.51. The summed E-state index contributed by atoms with van der Waals surface area (Å²) in [5, 5.41) is 3.42. The molecule has 0 heterocycles. The van der Waals surface area contributed by atoms with Crippen molar-refractivity contribution in [1.29, 1.82) is 0 Å². The van der Waals surface area contributed by atoms with Crippen molar-refractivity contribution in [3.63, 3.8) is 0 Å². The first-order valence-corrected chi connectivity index (χ1v) is 9.88. The Morgan fingerprint density at radius 3 is 2.04 bits per heavy atom. The minimum Gasteiger partial charge on any atom is -0.129 e. The molecule has 0 spiro atoms. The molecular formula is C23H15ClS. The Morgan fingerprint density at radius 2 is 1.28 bits per heavy atom. The lowest BCUT2D eigenvalue weighted by Crippen LogP contribution is -1.87. The largest absolute Gasteiger partial charge is 0.129 e. The molecule has 4 aromatic carbocycles. The van der Waals surface area contributed by atoms with Gasteiger partial charge in [-0.1, -0.05) is 72.3 Å². The lowest BCUT2D eigenvalue weighted by atomic mass is 9.94. The third kappa shape index (κ3) is 2.09. The number of halogens is 1. The van der Waals surface area contributed by atoms with Crippen LogP contribution in [0.3, 0.4) is 0 Å². The van der Waals surface area contributed by atoms with E-state index < -0.39 is 0 Å². The summed E-state index contributed by atoms with van der Waals surface area (Å²) in [4.78, 5) is 1.21. The molecule has 5 rings (SSSR count). The zero-order chi connectivity index (χ0) is 17.0. The summed E-state index contributed by atoms with van der Waals surface area (Å²) >= 11 is 8.35. The summed E-state index contributed by atoms with van der Waals surface area (Å²) in [6.45, 7) is 0. The van der Waals surface area contributed by atoms with Gasteiger partial charge < -0.3 is 0 Å². The Hall–Kier alpha value is -2.22. The van der Waals surface area contributed by atoms with Crippen LogP contribution in [-0.2, 0) is 0 Å². The van der Waals surface area contributed by atoms with Crippen LogP contribution in [0, 0.1) is 0 Å². The molecule has 1 aliphatic rings. The fraction of sp³-hybridized carbons (Fsp3) is 0.0435. The highest BCUT2D eigenvalue weighted by atomic mass is 35.5. The van der Waals surface area contributed by atoms with Crippen LogP contribution in [0.15, 0.2) is 77.7 Å². The molecule has 1 aliphatic carbocycles. The summed E-state index contributed by atoms with van der Waals surface area (Å²) < 4.78 is 0. The summed E-state index contributed by atoms with van der Waals surface area (Å²) in [6.07, 6.45) is 2.10. The normalized spacial score (nSPS) is 11.8. The average molecular weight is 359 g/mol. The van der Waals surface area contributed by atoms with Crippen LogP contribution in [0.25, 0.3) is 44.2 Å². The molecule has 0 saturated carbocycles. The molecule has 4 aromatic rings. The Kier molecular flexibility index (Phi) is 3.41. The summed E-state index contributed by atoms with van der Waals surface area (Å²) in [7, 11) is 0. The highest BCUT2D eigenvalue weighted by molar-refractivity contribution is 7.98. The molecule has 120 valence electrons. The van der Waals surface area contributed by atoms with Gasteiger partial charge in [0.05, 0.1) is 0 Å². The molecule has 0 radical (unpaired) electrons. The van der Waals surface area contributed by atoms with Gasteiger partial charge in [-0.25, -0.2) is 0 Å². The Bertz CT molecular complexity index is 1110. The summed E-state index contributed by atoms with van der Waals surface area (Å²) in [5.41, 5.74) is 7.64. The predicted molar refractivity (Wildman–Crippen MR) is 111 cm³/mol. The molecule has 0 unspecified atom stereocenters. The van der Waals surface area contributed by atoms with Crippen molar-refractivity contribution in [2.24, 2.45) is 0 Å². The van der Waals surface area contributed by atoms with Crippen LogP contribution in [-0.4, -0.2) is 6.26 Å². The first-order chi connectivity index (χ1) is 12.3. The fourth-order valence-electron chi connectivity index (χ4n) is 3.96. The molecule has 0 aliphatic heterocycles. The fourth-order valence-corrected chi connectivity index (χ4v) is 4.93. The maximum atomic E-state index is 6.61. The van der Waals surface area contributed by atoms with Crippen molar-refractivity contribution in [3.8, 4) is 33.4 Å². The maximum absolute atomic E-state index is 6.61. The van der Waals surface area contributed by atoms with E-state index in [1.165, 1.54) is 43.5 Å². The van der Waals surface area contributed by atoms with E-state index in [0.29, 0.717) is 0 Å². The van der Waals surface area contributed by atoms with E-state index in [9.17, 15) is 0 Å². The van der Waals surface area contributed by atoms with E-state index >= 15 is 0 Å². The zero-order valence-electron chi connectivity index (χ0n) is 13.7.